The molecule has 1 saturated heterocycles. The van der Waals surface area contributed by atoms with E-state index in [1.54, 1.807) is 4.31 Å². The fourth-order valence-corrected chi connectivity index (χ4v) is 5.03. The highest BCUT2D eigenvalue weighted by Gasteiger charge is 2.32. The van der Waals surface area contributed by atoms with Gasteiger partial charge in [-0.1, -0.05) is 26.7 Å². The second-order valence-corrected chi connectivity index (χ2v) is 8.34. The summed E-state index contributed by atoms with van der Waals surface area (Å²) in [7, 11) is -3.30. The Balaban J connectivity index is 1.83. The zero-order valence-corrected chi connectivity index (χ0v) is 14.3. The lowest BCUT2D eigenvalue weighted by Crippen LogP contribution is -2.51. The minimum atomic E-state index is -3.30. The van der Waals surface area contributed by atoms with Crippen molar-refractivity contribution in [1.29, 1.82) is 0 Å². The smallest absolute Gasteiger partial charge is 0.279 e. The molecule has 0 aromatic heterocycles. The molecule has 0 spiro atoms. The Morgan fingerprint density at radius 2 is 1.76 bits per heavy atom. The summed E-state index contributed by atoms with van der Waals surface area (Å²) in [5.41, 5.74) is 0. The molecule has 1 aliphatic carbocycles. The van der Waals surface area contributed by atoms with Crippen molar-refractivity contribution in [3.63, 3.8) is 0 Å². The molecular formula is C15H31N3O2S. The molecule has 0 amide bonds. The molecule has 0 aromatic rings. The molecule has 2 N–H and O–H groups in total. The van der Waals surface area contributed by atoms with Crippen LogP contribution in [0.2, 0.25) is 0 Å². The van der Waals surface area contributed by atoms with Crippen LogP contribution in [-0.2, 0) is 10.2 Å². The van der Waals surface area contributed by atoms with Crippen LogP contribution in [0, 0.1) is 11.8 Å². The maximum Gasteiger partial charge on any atom is 0.279 e. The summed E-state index contributed by atoms with van der Waals surface area (Å²) in [6.07, 6.45) is 6.43. The Morgan fingerprint density at radius 1 is 1.10 bits per heavy atom. The molecule has 1 aliphatic heterocycles. The van der Waals surface area contributed by atoms with Crippen LogP contribution in [0.25, 0.3) is 0 Å². The first-order valence-electron chi connectivity index (χ1n) is 8.51. The first-order valence-corrected chi connectivity index (χ1v) is 9.95. The van der Waals surface area contributed by atoms with Crippen molar-refractivity contribution in [3.8, 4) is 0 Å². The molecule has 2 rings (SSSR count). The highest BCUT2D eigenvalue weighted by molar-refractivity contribution is 7.87. The summed E-state index contributed by atoms with van der Waals surface area (Å²) in [5, 5.41) is 3.36. The minimum absolute atomic E-state index is 0.128. The summed E-state index contributed by atoms with van der Waals surface area (Å²) < 4.78 is 29.6. The monoisotopic (exact) mass is 317 g/mol. The van der Waals surface area contributed by atoms with Crippen LogP contribution < -0.4 is 10.0 Å². The lowest BCUT2D eigenvalue weighted by atomic mass is 9.87. The number of rotatable bonds is 6. The number of hydrogen-bond donors (Lipinski definition) is 2. The van der Waals surface area contributed by atoms with Crippen molar-refractivity contribution in [2.45, 2.75) is 58.4 Å². The Labute approximate surface area is 130 Å². The third-order valence-corrected chi connectivity index (χ3v) is 6.65. The third kappa shape index (κ3) is 4.91. The first-order chi connectivity index (χ1) is 10.0. The topological polar surface area (TPSA) is 61.4 Å². The van der Waals surface area contributed by atoms with Gasteiger partial charge in [-0.2, -0.15) is 17.4 Å². The Bertz CT molecular complexity index is 405. The van der Waals surface area contributed by atoms with E-state index < -0.39 is 10.2 Å². The van der Waals surface area contributed by atoms with Crippen LogP contribution in [0.4, 0.5) is 0 Å². The second-order valence-electron chi connectivity index (χ2n) is 6.64. The van der Waals surface area contributed by atoms with Crippen molar-refractivity contribution in [2.24, 2.45) is 11.8 Å². The van der Waals surface area contributed by atoms with Gasteiger partial charge in [-0.05, 0) is 50.6 Å². The van der Waals surface area contributed by atoms with Crippen molar-refractivity contribution in [1.82, 2.24) is 14.3 Å². The third-order valence-electron chi connectivity index (χ3n) is 5.01. The van der Waals surface area contributed by atoms with E-state index in [1.807, 2.05) is 0 Å². The predicted octanol–water partition coefficient (Wildman–Crippen LogP) is 1.72. The molecule has 0 radical (unpaired) electrons. The molecule has 1 heterocycles. The fraction of sp³-hybridized carbons (Fsp3) is 1.00. The van der Waals surface area contributed by atoms with E-state index in [9.17, 15) is 8.42 Å². The molecule has 5 nitrogen and oxygen atoms in total. The van der Waals surface area contributed by atoms with Crippen molar-refractivity contribution in [3.05, 3.63) is 0 Å². The summed E-state index contributed by atoms with van der Waals surface area (Å²) in [5.74, 6) is 1.07. The Morgan fingerprint density at radius 3 is 2.38 bits per heavy atom. The van der Waals surface area contributed by atoms with E-state index >= 15 is 0 Å². The van der Waals surface area contributed by atoms with Gasteiger partial charge in [0.1, 0.15) is 0 Å². The maximum absolute atomic E-state index is 12.5. The number of nitrogens with zero attached hydrogens (tertiary/aromatic N) is 1. The van der Waals surface area contributed by atoms with Crippen LogP contribution in [-0.4, -0.2) is 44.9 Å². The zero-order chi connectivity index (χ0) is 15.3. The quantitative estimate of drug-likeness (QED) is 0.784. The predicted molar refractivity (Wildman–Crippen MR) is 86.3 cm³/mol. The van der Waals surface area contributed by atoms with Crippen molar-refractivity contribution in [2.75, 3.05) is 26.2 Å². The zero-order valence-electron chi connectivity index (χ0n) is 13.5. The molecule has 0 aromatic carbocycles. The largest absolute Gasteiger partial charge is 0.317 e. The molecule has 2 aliphatic rings. The molecule has 0 bridgehead atoms. The van der Waals surface area contributed by atoms with Crippen LogP contribution >= 0.6 is 0 Å². The van der Waals surface area contributed by atoms with E-state index in [2.05, 4.69) is 23.9 Å². The fourth-order valence-electron chi connectivity index (χ4n) is 3.46. The average molecular weight is 317 g/mol. The van der Waals surface area contributed by atoms with Gasteiger partial charge in [-0.25, -0.2) is 0 Å². The van der Waals surface area contributed by atoms with Crippen LogP contribution in [0.5, 0.6) is 0 Å². The van der Waals surface area contributed by atoms with Gasteiger partial charge in [0.2, 0.25) is 0 Å². The number of hydrogen-bond acceptors (Lipinski definition) is 3. The molecule has 1 saturated carbocycles. The summed E-state index contributed by atoms with van der Waals surface area (Å²) in [6, 6.07) is 0.128. The Hall–Kier alpha value is -0.170. The summed E-state index contributed by atoms with van der Waals surface area (Å²) in [6.45, 7) is 7.58. The Kier molecular flexibility index (Phi) is 6.47. The molecule has 2 atom stereocenters. The second kappa shape index (κ2) is 7.90. The minimum Gasteiger partial charge on any atom is -0.317 e. The lowest BCUT2D eigenvalue weighted by molar-refractivity contribution is 0.256. The maximum atomic E-state index is 12.5. The summed E-state index contributed by atoms with van der Waals surface area (Å²) >= 11 is 0. The van der Waals surface area contributed by atoms with Crippen LogP contribution in [0.1, 0.15) is 52.4 Å². The molecule has 2 unspecified atom stereocenters. The van der Waals surface area contributed by atoms with Gasteiger partial charge < -0.3 is 5.32 Å². The SMILES string of the molecule is CCNCC1CCN(S(=O)(=O)NC2CCCCC2C)CC1. The van der Waals surface area contributed by atoms with Gasteiger partial charge in [0, 0.05) is 19.1 Å². The van der Waals surface area contributed by atoms with E-state index in [-0.39, 0.29) is 6.04 Å². The van der Waals surface area contributed by atoms with Crippen LogP contribution in [0.15, 0.2) is 0 Å². The summed E-state index contributed by atoms with van der Waals surface area (Å²) in [4.78, 5) is 0. The molecule has 124 valence electrons. The van der Waals surface area contributed by atoms with Crippen LogP contribution in [0.3, 0.4) is 0 Å². The van der Waals surface area contributed by atoms with Gasteiger partial charge in [-0.15, -0.1) is 0 Å². The van der Waals surface area contributed by atoms with E-state index in [0.29, 0.717) is 24.9 Å². The highest BCUT2D eigenvalue weighted by atomic mass is 32.2. The van der Waals surface area contributed by atoms with Gasteiger partial charge in [-0.3, -0.25) is 0 Å². The highest BCUT2D eigenvalue weighted by Crippen LogP contribution is 2.25. The molecular weight excluding hydrogens is 286 g/mol. The van der Waals surface area contributed by atoms with Gasteiger partial charge in [0.15, 0.2) is 0 Å². The standard InChI is InChI=1S/C15H31N3O2S/c1-3-16-12-14-8-10-18(11-9-14)21(19,20)17-15-7-5-4-6-13(15)2/h13-17H,3-12H2,1-2H3. The van der Waals surface area contributed by atoms with E-state index in [1.165, 1.54) is 6.42 Å². The van der Waals surface area contributed by atoms with E-state index in [4.69, 9.17) is 0 Å². The number of nitrogens with one attached hydrogen (secondary N) is 2. The van der Waals surface area contributed by atoms with Crippen molar-refractivity contribution < 1.29 is 8.42 Å². The van der Waals surface area contributed by atoms with Crippen molar-refractivity contribution >= 4 is 10.2 Å². The first kappa shape index (κ1) is 17.2. The normalized spacial score (nSPS) is 29.6. The van der Waals surface area contributed by atoms with Gasteiger partial charge in [0.05, 0.1) is 0 Å². The number of piperidine rings is 1. The lowest BCUT2D eigenvalue weighted by Gasteiger charge is -2.35. The molecule has 2 fully saturated rings. The molecule has 21 heavy (non-hydrogen) atoms. The molecule has 6 heteroatoms. The van der Waals surface area contributed by atoms with E-state index in [0.717, 1.165) is 45.2 Å². The average Bonchev–Trinajstić information content (AvgIpc) is 2.48. The van der Waals surface area contributed by atoms with Gasteiger partial charge >= 0.3 is 0 Å². The van der Waals surface area contributed by atoms with Gasteiger partial charge in [0.25, 0.3) is 10.2 Å².